The highest BCUT2D eigenvalue weighted by Crippen LogP contribution is 2.25. The quantitative estimate of drug-likeness (QED) is 0.406. The molecule has 1 aromatic heterocycles. The first-order chi connectivity index (χ1) is 10.2. The zero-order chi connectivity index (χ0) is 15.2. The van der Waals surface area contributed by atoms with Gasteiger partial charge >= 0.3 is 0 Å². The van der Waals surface area contributed by atoms with Gasteiger partial charge in [-0.15, -0.1) is 11.6 Å². The van der Waals surface area contributed by atoms with Crippen molar-refractivity contribution in [3.05, 3.63) is 28.2 Å². The van der Waals surface area contributed by atoms with E-state index in [4.69, 9.17) is 11.6 Å². The Hall–Kier alpha value is -0.610. The molecule has 0 N–H and O–H groups in total. The summed E-state index contributed by atoms with van der Waals surface area (Å²) < 4.78 is 16.2. The molecule has 0 atom stereocenters. The lowest BCUT2D eigenvalue weighted by atomic mass is 10.1. The van der Waals surface area contributed by atoms with Crippen molar-refractivity contribution in [2.75, 3.05) is 0 Å². The highest BCUT2D eigenvalue weighted by molar-refractivity contribution is 9.10. The molecular formula is C16H21BrClFN2. The molecule has 0 saturated carbocycles. The Balaban J connectivity index is 2.08. The Morgan fingerprint density at radius 2 is 1.90 bits per heavy atom. The second-order valence-electron chi connectivity index (χ2n) is 5.34. The van der Waals surface area contributed by atoms with E-state index >= 15 is 0 Å². The molecule has 1 aromatic carbocycles. The summed E-state index contributed by atoms with van der Waals surface area (Å²) in [5, 5.41) is 0. The average molecular weight is 376 g/mol. The summed E-state index contributed by atoms with van der Waals surface area (Å²) in [6.07, 6.45) is 7.47. The van der Waals surface area contributed by atoms with E-state index < -0.39 is 0 Å². The molecule has 0 aliphatic rings. The Labute approximate surface area is 138 Å². The van der Waals surface area contributed by atoms with Gasteiger partial charge in [-0.1, -0.05) is 39.0 Å². The maximum Gasteiger partial charge on any atom is 0.139 e. The monoisotopic (exact) mass is 374 g/mol. The van der Waals surface area contributed by atoms with Gasteiger partial charge in [-0.2, -0.15) is 0 Å². The molecule has 0 unspecified atom stereocenters. The molecule has 21 heavy (non-hydrogen) atoms. The van der Waals surface area contributed by atoms with Gasteiger partial charge in [0.05, 0.1) is 21.4 Å². The van der Waals surface area contributed by atoms with Crippen LogP contribution in [0.1, 0.15) is 51.3 Å². The summed E-state index contributed by atoms with van der Waals surface area (Å²) in [6, 6.07) is 3.26. The average Bonchev–Trinajstić information content (AvgIpc) is 2.80. The second-order valence-corrected chi connectivity index (χ2v) is 6.46. The Kier molecular flexibility index (Phi) is 6.49. The molecule has 0 radical (unpaired) electrons. The van der Waals surface area contributed by atoms with Gasteiger partial charge in [0, 0.05) is 12.6 Å². The first-order valence-corrected chi connectivity index (χ1v) is 8.90. The molecule has 0 bridgehead atoms. The fourth-order valence-corrected chi connectivity index (χ4v) is 3.11. The molecule has 2 aromatic rings. The first-order valence-electron chi connectivity index (χ1n) is 7.57. The number of alkyl halides is 1. The highest BCUT2D eigenvalue weighted by Gasteiger charge is 2.12. The minimum atomic E-state index is -0.284. The molecule has 0 amide bonds. The van der Waals surface area contributed by atoms with Crippen LogP contribution in [0.5, 0.6) is 0 Å². The van der Waals surface area contributed by atoms with Crippen molar-refractivity contribution < 1.29 is 4.39 Å². The fourth-order valence-electron chi connectivity index (χ4n) is 2.57. The van der Waals surface area contributed by atoms with Gasteiger partial charge in [0.15, 0.2) is 0 Å². The van der Waals surface area contributed by atoms with Crippen molar-refractivity contribution in [1.82, 2.24) is 9.55 Å². The molecule has 1 heterocycles. The van der Waals surface area contributed by atoms with Crippen LogP contribution in [0.15, 0.2) is 16.6 Å². The normalized spacial score (nSPS) is 11.4. The number of benzene rings is 1. The Bertz CT molecular complexity index is 597. The SMILES string of the molecule is CCCCCCCCn1c(CCl)nc2cc(F)c(Br)cc21. The predicted octanol–water partition coefficient (Wildman–Crippen LogP) is 6.04. The van der Waals surface area contributed by atoms with E-state index in [0.29, 0.717) is 15.9 Å². The molecule has 2 rings (SSSR count). The number of rotatable bonds is 8. The summed E-state index contributed by atoms with van der Waals surface area (Å²) >= 11 is 9.22. The van der Waals surface area contributed by atoms with Gasteiger partial charge in [0.2, 0.25) is 0 Å². The van der Waals surface area contributed by atoms with Gasteiger partial charge in [0.1, 0.15) is 11.6 Å². The summed E-state index contributed by atoms with van der Waals surface area (Å²) in [5.74, 6) is 0.884. The number of nitrogens with zero attached hydrogens (tertiary/aromatic N) is 2. The van der Waals surface area contributed by atoms with Crippen molar-refractivity contribution >= 4 is 38.6 Å². The van der Waals surface area contributed by atoms with Crippen LogP contribution in [0.3, 0.4) is 0 Å². The lowest BCUT2D eigenvalue weighted by molar-refractivity contribution is 0.557. The van der Waals surface area contributed by atoms with E-state index in [1.54, 1.807) is 6.07 Å². The number of imidazole rings is 1. The third kappa shape index (κ3) is 4.19. The van der Waals surface area contributed by atoms with E-state index in [2.05, 4.69) is 32.4 Å². The topological polar surface area (TPSA) is 17.8 Å². The number of aryl methyl sites for hydroxylation is 1. The van der Waals surface area contributed by atoms with Crippen LogP contribution >= 0.6 is 27.5 Å². The van der Waals surface area contributed by atoms with E-state index in [0.717, 1.165) is 24.3 Å². The number of hydrogen-bond acceptors (Lipinski definition) is 1. The van der Waals surface area contributed by atoms with Crippen LogP contribution in [-0.4, -0.2) is 9.55 Å². The molecule has 116 valence electrons. The van der Waals surface area contributed by atoms with Crippen molar-refractivity contribution in [1.29, 1.82) is 0 Å². The standard InChI is InChI=1S/C16H21BrClFN2/c1-2-3-4-5-6-7-8-21-15-9-12(17)13(19)10-14(15)20-16(21)11-18/h9-10H,2-8,11H2,1H3. The van der Waals surface area contributed by atoms with Gasteiger partial charge in [-0.3, -0.25) is 0 Å². The molecule has 2 nitrogen and oxygen atoms in total. The Morgan fingerprint density at radius 1 is 1.19 bits per heavy atom. The van der Waals surface area contributed by atoms with Crippen LogP contribution in [0.25, 0.3) is 11.0 Å². The van der Waals surface area contributed by atoms with E-state index in [9.17, 15) is 4.39 Å². The van der Waals surface area contributed by atoms with Gasteiger partial charge < -0.3 is 4.57 Å². The lowest BCUT2D eigenvalue weighted by Gasteiger charge is -2.08. The maximum absolute atomic E-state index is 13.6. The third-order valence-electron chi connectivity index (χ3n) is 3.72. The lowest BCUT2D eigenvalue weighted by Crippen LogP contribution is -2.02. The van der Waals surface area contributed by atoms with Crippen LogP contribution in [0.4, 0.5) is 4.39 Å². The van der Waals surface area contributed by atoms with E-state index in [-0.39, 0.29) is 5.82 Å². The van der Waals surface area contributed by atoms with E-state index in [1.807, 2.05) is 0 Å². The van der Waals surface area contributed by atoms with Crippen LogP contribution < -0.4 is 0 Å². The summed E-state index contributed by atoms with van der Waals surface area (Å²) in [5.41, 5.74) is 1.63. The zero-order valence-electron chi connectivity index (χ0n) is 12.3. The van der Waals surface area contributed by atoms with Crippen molar-refractivity contribution in [2.45, 2.75) is 57.9 Å². The maximum atomic E-state index is 13.6. The number of hydrogen-bond donors (Lipinski definition) is 0. The summed E-state index contributed by atoms with van der Waals surface area (Å²) in [4.78, 5) is 4.43. The van der Waals surface area contributed by atoms with Crippen molar-refractivity contribution in [3.63, 3.8) is 0 Å². The Morgan fingerprint density at radius 3 is 2.62 bits per heavy atom. The minimum Gasteiger partial charge on any atom is -0.327 e. The van der Waals surface area contributed by atoms with Crippen LogP contribution in [0, 0.1) is 5.82 Å². The summed E-state index contributed by atoms with van der Waals surface area (Å²) in [6.45, 7) is 3.12. The molecule has 0 aliphatic heterocycles. The van der Waals surface area contributed by atoms with Gasteiger partial charge in [-0.05, 0) is 28.4 Å². The molecule has 0 fully saturated rings. The van der Waals surface area contributed by atoms with Crippen LogP contribution in [-0.2, 0) is 12.4 Å². The molecule has 0 saturated heterocycles. The van der Waals surface area contributed by atoms with Crippen molar-refractivity contribution in [3.8, 4) is 0 Å². The van der Waals surface area contributed by atoms with Crippen LogP contribution in [0.2, 0.25) is 0 Å². The number of halogens is 3. The zero-order valence-corrected chi connectivity index (χ0v) is 14.7. The third-order valence-corrected chi connectivity index (χ3v) is 4.57. The number of unbranched alkanes of at least 4 members (excludes halogenated alkanes) is 5. The molecular weight excluding hydrogens is 355 g/mol. The molecule has 5 heteroatoms. The van der Waals surface area contributed by atoms with Crippen molar-refractivity contribution in [2.24, 2.45) is 0 Å². The fraction of sp³-hybridized carbons (Fsp3) is 0.562. The summed E-state index contributed by atoms with van der Waals surface area (Å²) in [7, 11) is 0. The smallest absolute Gasteiger partial charge is 0.139 e. The largest absolute Gasteiger partial charge is 0.327 e. The molecule has 0 spiro atoms. The highest BCUT2D eigenvalue weighted by atomic mass is 79.9. The number of aromatic nitrogens is 2. The van der Waals surface area contributed by atoms with E-state index in [1.165, 1.54) is 38.2 Å². The molecule has 0 aliphatic carbocycles. The van der Waals surface area contributed by atoms with Gasteiger partial charge in [0.25, 0.3) is 0 Å². The minimum absolute atomic E-state index is 0.284. The second kappa shape index (κ2) is 8.14. The number of fused-ring (bicyclic) bond motifs is 1. The predicted molar refractivity (Wildman–Crippen MR) is 90.3 cm³/mol. The van der Waals surface area contributed by atoms with Gasteiger partial charge in [-0.25, -0.2) is 9.37 Å². The first kappa shape index (κ1) is 16.8.